The van der Waals surface area contributed by atoms with Crippen molar-refractivity contribution in [3.63, 3.8) is 0 Å². The number of nitrogens with one attached hydrogen (secondary N) is 1. The molecule has 0 radical (unpaired) electrons. The maximum absolute atomic E-state index is 12.7. The van der Waals surface area contributed by atoms with E-state index < -0.39 is 27.5 Å². The van der Waals surface area contributed by atoms with Crippen molar-refractivity contribution in [2.24, 2.45) is 5.92 Å². The van der Waals surface area contributed by atoms with Gasteiger partial charge in [-0.2, -0.15) is 0 Å². The number of carbonyl (C=O) groups excluding carboxylic acids is 2. The number of urea groups is 1. The smallest absolute Gasteiger partial charge is 0.322 e. The number of rotatable bonds is 2. The van der Waals surface area contributed by atoms with Crippen LogP contribution in [0.25, 0.3) is 0 Å². The zero-order valence-corrected chi connectivity index (χ0v) is 14.2. The van der Waals surface area contributed by atoms with Gasteiger partial charge in [-0.3, -0.25) is 4.79 Å². The first-order chi connectivity index (χ1) is 10.8. The van der Waals surface area contributed by atoms with Gasteiger partial charge in [-0.25, -0.2) is 13.2 Å². The standard InChI is InChI=1S/C15H17ClN2O4S/c1-10-6-8-15(9-7-10)13(19)18(14(20)17-15)23(21,22)12-4-2-11(16)3-5-12/h2-5,10H,6-9H2,1H3,(H,17,20). The van der Waals surface area contributed by atoms with Crippen LogP contribution in [0, 0.1) is 5.92 Å². The van der Waals surface area contributed by atoms with Crippen molar-refractivity contribution >= 4 is 33.6 Å². The van der Waals surface area contributed by atoms with Crippen LogP contribution in [0.4, 0.5) is 4.79 Å². The average molecular weight is 357 g/mol. The summed E-state index contributed by atoms with van der Waals surface area (Å²) in [7, 11) is -4.23. The highest BCUT2D eigenvalue weighted by atomic mass is 35.5. The lowest BCUT2D eigenvalue weighted by Crippen LogP contribution is -2.49. The predicted molar refractivity (Wildman–Crippen MR) is 84.4 cm³/mol. The van der Waals surface area contributed by atoms with Crippen LogP contribution in [0.3, 0.4) is 0 Å². The van der Waals surface area contributed by atoms with Crippen LogP contribution in [0.2, 0.25) is 5.02 Å². The molecular formula is C15H17ClN2O4S. The molecule has 1 heterocycles. The van der Waals surface area contributed by atoms with E-state index in [1.165, 1.54) is 24.3 Å². The Labute approximate surface area is 139 Å². The molecule has 1 spiro atoms. The number of hydrogen-bond donors (Lipinski definition) is 1. The molecular weight excluding hydrogens is 340 g/mol. The van der Waals surface area contributed by atoms with Gasteiger partial charge in [-0.1, -0.05) is 18.5 Å². The monoisotopic (exact) mass is 356 g/mol. The summed E-state index contributed by atoms with van der Waals surface area (Å²) < 4.78 is 25.7. The molecule has 6 nitrogen and oxygen atoms in total. The van der Waals surface area contributed by atoms with Gasteiger partial charge in [0.15, 0.2) is 0 Å². The fraction of sp³-hybridized carbons (Fsp3) is 0.467. The molecule has 1 aromatic carbocycles. The molecule has 1 aliphatic carbocycles. The second kappa shape index (κ2) is 5.49. The number of amides is 3. The van der Waals surface area contributed by atoms with Crippen molar-refractivity contribution in [1.29, 1.82) is 0 Å². The molecule has 3 rings (SSSR count). The summed E-state index contributed by atoms with van der Waals surface area (Å²) in [5.74, 6) is -0.211. The van der Waals surface area contributed by atoms with Crippen LogP contribution in [0.1, 0.15) is 32.6 Å². The molecule has 1 N–H and O–H groups in total. The Kier molecular flexibility index (Phi) is 3.88. The van der Waals surface area contributed by atoms with Crippen LogP contribution in [0.5, 0.6) is 0 Å². The first-order valence-corrected chi connectivity index (χ1v) is 9.25. The molecule has 1 saturated carbocycles. The number of nitrogens with zero attached hydrogens (tertiary/aromatic N) is 1. The molecule has 2 fully saturated rings. The molecule has 0 aromatic heterocycles. The van der Waals surface area contributed by atoms with Gasteiger partial charge in [0.05, 0.1) is 4.90 Å². The molecule has 23 heavy (non-hydrogen) atoms. The third-order valence-electron chi connectivity index (χ3n) is 4.60. The summed E-state index contributed by atoms with van der Waals surface area (Å²) in [6.07, 6.45) is 2.48. The van der Waals surface area contributed by atoms with Gasteiger partial charge in [0.25, 0.3) is 15.9 Å². The number of halogens is 1. The first kappa shape index (κ1) is 16.3. The molecule has 0 bridgehead atoms. The molecule has 3 amide bonds. The molecule has 0 atom stereocenters. The lowest BCUT2D eigenvalue weighted by Gasteiger charge is -2.33. The van der Waals surface area contributed by atoms with Gasteiger partial charge in [-0.05, 0) is 55.9 Å². The summed E-state index contributed by atoms with van der Waals surface area (Å²) in [6.45, 7) is 2.08. The Bertz CT molecular complexity index is 752. The van der Waals surface area contributed by atoms with Gasteiger partial charge >= 0.3 is 6.03 Å². The molecule has 1 aliphatic heterocycles. The van der Waals surface area contributed by atoms with Crippen LogP contribution >= 0.6 is 11.6 Å². The zero-order chi connectivity index (χ0) is 16.8. The number of imide groups is 1. The summed E-state index contributed by atoms with van der Waals surface area (Å²) in [4.78, 5) is 24.8. The van der Waals surface area contributed by atoms with E-state index in [2.05, 4.69) is 12.2 Å². The van der Waals surface area contributed by atoms with E-state index in [9.17, 15) is 18.0 Å². The third-order valence-corrected chi connectivity index (χ3v) is 6.54. The lowest BCUT2D eigenvalue weighted by atomic mass is 9.77. The lowest BCUT2D eigenvalue weighted by molar-refractivity contribution is -0.129. The van der Waals surface area contributed by atoms with Gasteiger partial charge < -0.3 is 5.32 Å². The van der Waals surface area contributed by atoms with Crippen molar-refractivity contribution in [3.05, 3.63) is 29.3 Å². The number of hydrogen-bond acceptors (Lipinski definition) is 4. The summed E-state index contributed by atoms with van der Waals surface area (Å²) >= 11 is 5.75. The summed E-state index contributed by atoms with van der Waals surface area (Å²) in [5, 5.41) is 2.98. The average Bonchev–Trinajstić information content (AvgIpc) is 2.74. The molecule has 1 saturated heterocycles. The minimum atomic E-state index is -4.23. The van der Waals surface area contributed by atoms with Crippen LogP contribution in [-0.4, -0.2) is 30.2 Å². The Morgan fingerprint density at radius 3 is 2.30 bits per heavy atom. The molecule has 1 aromatic rings. The van der Waals surface area contributed by atoms with Crippen molar-refractivity contribution < 1.29 is 18.0 Å². The van der Waals surface area contributed by atoms with Crippen molar-refractivity contribution in [3.8, 4) is 0 Å². The quantitative estimate of drug-likeness (QED) is 0.825. The maximum Gasteiger partial charge on any atom is 0.339 e. The Hall–Kier alpha value is -1.60. The topological polar surface area (TPSA) is 83.6 Å². The van der Waals surface area contributed by atoms with Crippen LogP contribution in [0.15, 0.2) is 29.2 Å². The van der Waals surface area contributed by atoms with Gasteiger partial charge in [0.1, 0.15) is 5.54 Å². The molecule has 2 aliphatic rings. The molecule has 124 valence electrons. The van der Waals surface area contributed by atoms with E-state index >= 15 is 0 Å². The number of carbonyl (C=O) groups is 2. The molecule has 8 heteroatoms. The summed E-state index contributed by atoms with van der Waals surface area (Å²) in [6, 6.07) is 4.51. The fourth-order valence-electron chi connectivity index (χ4n) is 3.12. The Morgan fingerprint density at radius 2 is 1.74 bits per heavy atom. The second-order valence-electron chi connectivity index (χ2n) is 6.22. The zero-order valence-electron chi connectivity index (χ0n) is 12.6. The van der Waals surface area contributed by atoms with E-state index in [0.29, 0.717) is 28.1 Å². The normalized spacial score (nSPS) is 28.3. The van der Waals surface area contributed by atoms with E-state index in [1.54, 1.807) is 0 Å². The van der Waals surface area contributed by atoms with Crippen molar-refractivity contribution in [2.75, 3.05) is 0 Å². The van der Waals surface area contributed by atoms with E-state index in [0.717, 1.165) is 12.8 Å². The number of sulfonamides is 1. The van der Waals surface area contributed by atoms with Gasteiger partial charge in [0, 0.05) is 5.02 Å². The highest BCUT2D eigenvalue weighted by Gasteiger charge is 2.56. The van der Waals surface area contributed by atoms with E-state index in [1.807, 2.05) is 0 Å². The third kappa shape index (κ3) is 2.61. The van der Waals surface area contributed by atoms with E-state index in [4.69, 9.17) is 11.6 Å². The van der Waals surface area contributed by atoms with Crippen LogP contribution in [-0.2, 0) is 14.8 Å². The minimum Gasteiger partial charge on any atom is -0.322 e. The second-order valence-corrected chi connectivity index (χ2v) is 8.45. The van der Waals surface area contributed by atoms with Gasteiger partial charge in [0.2, 0.25) is 0 Å². The number of benzene rings is 1. The Morgan fingerprint density at radius 1 is 1.17 bits per heavy atom. The summed E-state index contributed by atoms with van der Waals surface area (Å²) in [5.41, 5.74) is -1.08. The SMILES string of the molecule is CC1CCC2(CC1)NC(=O)N(S(=O)(=O)c1ccc(Cl)cc1)C2=O. The Balaban J connectivity index is 1.95. The fourth-order valence-corrected chi connectivity index (χ4v) is 4.59. The van der Waals surface area contributed by atoms with Crippen molar-refractivity contribution in [1.82, 2.24) is 9.62 Å². The largest absolute Gasteiger partial charge is 0.339 e. The highest BCUT2D eigenvalue weighted by molar-refractivity contribution is 7.90. The minimum absolute atomic E-state index is 0.133. The highest BCUT2D eigenvalue weighted by Crippen LogP contribution is 2.38. The van der Waals surface area contributed by atoms with Crippen LogP contribution < -0.4 is 5.32 Å². The first-order valence-electron chi connectivity index (χ1n) is 7.44. The van der Waals surface area contributed by atoms with E-state index in [-0.39, 0.29) is 4.90 Å². The molecule has 0 unspecified atom stereocenters. The van der Waals surface area contributed by atoms with Crippen molar-refractivity contribution in [2.45, 2.75) is 43.0 Å². The maximum atomic E-state index is 12.7. The van der Waals surface area contributed by atoms with Gasteiger partial charge in [-0.15, -0.1) is 4.31 Å². The predicted octanol–water partition coefficient (Wildman–Crippen LogP) is 2.53.